The highest BCUT2D eigenvalue weighted by Crippen LogP contribution is 2.38. The van der Waals surface area contributed by atoms with Crippen molar-refractivity contribution in [3.63, 3.8) is 0 Å². The summed E-state index contributed by atoms with van der Waals surface area (Å²) in [6, 6.07) is 8.07. The first-order valence-electron chi connectivity index (χ1n) is 5.72. The van der Waals surface area contributed by atoms with Crippen molar-refractivity contribution in [1.29, 1.82) is 0 Å². The minimum absolute atomic E-state index is 0.0624. The normalized spacial score (nSPS) is 12.4. The van der Waals surface area contributed by atoms with Crippen molar-refractivity contribution >= 4 is 22.9 Å². The molecule has 1 atom stereocenters. The standard InChI is InChI=1S/C14H16ClNOS/c1-9-8-18-14(12(9)15)13(16-2)10-6-4-5-7-11(10)17-3/h4-8,13,16H,1-3H3. The summed E-state index contributed by atoms with van der Waals surface area (Å²) in [5, 5.41) is 6.23. The fraction of sp³-hybridized carbons (Fsp3) is 0.286. The zero-order valence-electron chi connectivity index (χ0n) is 10.7. The summed E-state index contributed by atoms with van der Waals surface area (Å²) in [7, 11) is 3.62. The number of ether oxygens (including phenoxy) is 1. The number of halogens is 1. The van der Waals surface area contributed by atoms with Crippen molar-refractivity contribution in [2.45, 2.75) is 13.0 Å². The lowest BCUT2D eigenvalue weighted by molar-refractivity contribution is 0.405. The molecule has 0 radical (unpaired) electrons. The average molecular weight is 282 g/mol. The van der Waals surface area contributed by atoms with Crippen LogP contribution in [0.5, 0.6) is 5.75 Å². The van der Waals surface area contributed by atoms with Gasteiger partial charge < -0.3 is 10.1 Å². The van der Waals surface area contributed by atoms with E-state index in [1.54, 1.807) is 18.4 Å². The molecule has 1 unspecified atom stereocenters. The van der Waals surface area contributed by atoms with Crippen LogP contribution in [0.15, 0.2) is 29.6 Å². The zero-order valence-corrected chi connectivity index (χ0v) is 12.2. The Morgan fingerprint density at radius 2 is 2.06 bits per heavy atom. The molecule has 0 bridgehead atoms. The minimum Gasteiger partial charge on any atom is -0.496 e. The van der Waals surface area contributed by atoms with Gasteiger partial charge in [0.05, 0.1) is 18.2 Å². The summed E-state index contributed by atoms with van der Waals surface area (Å²) in [4.78, 5) is 1.13. The van der Waals surface area contributed by atoms with E-state index < -0.39 is 0 Å². The molecule has 96 valence electrons. The summed E-state index contributed by atoms with van der Waals surface area (Å²) in [6.07, 6.45) is 0. The van der Waals surface area contributed by atoms with Gasteiger partial charge in [0.1, 0.15) is 5.75 Å². The van der Waals surface area contributed by atoms with Crippen LogP contribution in [-0.4, -0.2) is 14.2 Å². The molecular weight excluding hydrogens is 266 g/mol. The monoisotopic (exact) mass is 281 g/mol. The van der Waals surface area contributed by atoms with E-state index in [-0.39, 0.29) is 6.04 Å². The molecule has 1 aromatic heterocycles. The van der Waals surface area contributed by atoms with Crippen molar-refractivity contribution in [1.82, 2.24) is 5.32 Å². The predicted octanol–water partition coefficient (Wildman–Crippen LogP) is 4.03. The largest absolute Gasteiger partial charge is 0.496 e. The number of benzene rings is 1. The van der Waals surface area contributed by atoms with E-state index in [1.165, 1.54) is 0 Å². The third-order valence-corrected chi connectivity index (χ3v) is 4.70. The fourth-order valence-electron chi connectivity index (χ4n) is 1.98. The molecule has 4 heteroatoms. The van der Waals surface area contributed by atoms with Gasteiger partial charge in [-0.2, -0.15) is 0 Å². The molecule has 1 aromatic carbocycles. The molecule has 0 spiro atoms. The van der Waals surface area contributed by atoms with E-state index in [4.69, 9.17) is 16.3 Å². The molecule has 1 heterocycles. The van der Waals surface area contributed by atoms with E-state index in [1.807, 2.05) is 32.2 Å². The molecule has 0 aliphatic rings. The van der Waals surface area contributed by atoms with Gasteiger partial charge in [-0.3, -0.25) is 0 Å². The molecule has 0 aliphatic heterocycles. The van der Waals surface area contributed by atoms with Gasteiger partial charge in [0, 0.05) is 10.4 Å². The second-order valence-corrected chi connectivity index (χ2v) is 5.35. The van der Waals surface area contributed by atoms with Gasteiger partial charge in [-0.1, -0.05) is 29.8 Å². The first-order valence-corrected chi connectivity index (χ1v) is 6.98. The van der Waals surface area contributed by atoms with Crippen LogP contribution in [0.4, 0.5) is 0 Å². The number of hydrogen-bond donors (Lipinski definition) is 1. The zero-order chi connectivity index (χ0) is 13.1. The summed E-state index contributed by atoms with van der Waals surface area (Å²) in [5.41, 5.74) is 2.22. The minimum atomic E-state index is 0.0624. The molecule has 2 aromatic rings. The van der Waals surface area contributed by atoms with Crippen molar-refractivity contribution in [2.75, 3.05) is 14.2 Å². The van der Waals surface area contributed by atoms with Crippen LogP contribution >= 0.6 is 22.9 Å². The Morgan fingerprint density at radius 1 is 1.33 bits per heavy atom. The molecular formula is C14H16ClNOS. The SMILES string of the molecule is CNC(c1ccccc1OC)c1scc(C)c1Cl. The molecule has 1 N–H and O–H groups in total. The second-order valence-electron chi connectivity index (χ2n) is 4.06. The number of hydrogen-bond acceptors (Lipinski definition) is 3. The third-order valence-electron chi connectivity index (χ3n) is 2.93. The summed E-state index contributed by atoms with van der Waals surface area (Å²) >= 11 is 8.03. The number of nitrogens with one attached hydrogen (secondary N) is 1. The van der Waals surface area contributed by atoms with Crippen LogP contribution in [0.1, 0.15) is 22.0 Å². The van der Waals surface area contributed by atoms with Gasteiger partial charge >= 0.3 is 0 Å². The number of methoxy groups -OCH3 is 1. The Labute approximate surface area is 117 Å². The van der Waals surface area contributed by atoms with Gasteiger partial charge in [-0.25, -0.2) is 0 Å². The van der Waals surface area contributed by atoms with Crippen LogP contribution in [0.25, 0.3) is 0 Å². The van der Waals surface area contributed by atoms with E-state index in [0.29, 0.717) is 0 Å². The average Bonchev–Trinajstić information content (AvgIpc) is 2.73. The Kier molecular flexibility index (Phi) is 4.27. The van der Waals surface area contributed by atoms with Crippen molar-refractivity contribution in [3.8, 4) is 5.75 Å². The second kappa shape index (κ2) is 5.74. The smallest absolute Gasteiger partial charge is 0.124 e. The van der Waals surface area contributed by atoms with Crippen LogP contribution in [0, 0.1) is 6.92 Å². The third kappa shape index (κ3) is 2.39. The molecule has 0 fully saturated rings. The Morgan fingerprint density at radius 3 is 2.61 bits per heavy atom. The van der Waals surface area contributed by atoms with Gasteiger partial charge in [-0.15, -0.1) is 11.3 Å². The van der Waals surface area contributed by atoms with E-state index >= 15 is 0 Å². The lowest BCUT2D eigenvalue weighted by atomic mass is 10.0. The van der Waals surface area contributed by atoms with Gasteiger partial charge in [-0.05, 0) is 31.0 Å². The molecule has 0 aliphatic carbocycles. The molecule has 0 amide bonds. The van der Waals surface area contributed by atoms with Crippen LogP contribution in [0.3, 0.4) is 0 Å². The lowest BCUT2D eigenvalue weighted by Crippen LogP contribution is -2.17. The van der Waals surface area contributed by atoms with Gasteiger partial charge in [0.2, 0.25) is 0 Å². The Balaban J connectivity index is 2.48. The van der Waals surface area contributed by atoms with Crippen LogP contribution in [0.2, 0.25) is 5.02 Å². The van der Waals surface area contributed by atoms with E-state index in [9.17, 15) is 0 Å². The Bertz CT molecular complexity index is 538. The number of para-hydroxylation sites is 1. The van der Waals surface area contributed by atoms with E-state index in [0.717, 1.165) is 26.8 Å². The molecule has 0 saturated carbocycles. The van der Waals surface area contributed by atoms with Gasteiger partial charge in [0.15, 0.2) is 0 Å². The summed E-state index contributed by atoms with van der Waals surface area (Å²) < 4.78 is 5.42. The maximum Gasteiger partial charge on any atom is 0.124 e. The van der Waals surface area contributed by atoms with Crippen molar-refractivity contribution in [3.05, 3.63) is 50.7 Å². The fourth-order valence-corrected chi connectivity index (χ4v) is 3.41. The maximum absolute atomic E-state index is 6.36. The summed E-state index contributed by atoms with van der Waals surface area (Å²) in [6.45, 7) is 2.03. The highest BCUT2D eigenvalue weighted by molar-refractivity contribution is 7.10. The number of aryl methyl sites for hydroxylation is 1. The first-order chi connectivity index (χ1) is 8.69. The predicted molar refractivity (Wildman–Crippen MR) is 78.0 cm³/mol. The van der Waals surface area contributed by atoms with E-state index in [2.05, 4.69) is 16.8 Å². The molecule has 18 heavy (non-hydrogen) atoms. The molecule has 2 nitrogen and oxygen atoms in total. The molecule has 2 rings (SSSR count). The highest BCUT2D eigenvalue weighted by Gasteiger charge is 2.21. The number of rotatable bonds is 4. The maximum atomic E-state index is 6.36. The van der Waals surface area contributed by atoms with Crippen molar-refractivity contribution in [2.24, 2.45) is 0 Å². The number of thiophene rings is 1. The van der Waals surface area contributed by atoms with Crippen LogP contribution < -0.4 is 10.1 Å². The topological polar surface area (TPSA) is 21.3 Å². The van der Waals surface area contributed by atoms with Crippen molar-refractivity contribution < 1.29 is 4.74 Å². The quantitative estimate of drug-likeness (QED) is 0.914. The first kappa shape index (κ1) is 13.4. The van der Waals surface area contributed by atoms with Crippen LogP contribution in [-0.2, 0) is 0 Å². The summed E-state index contributed by atoms with van der Waals surface area (Å²) in [5.74, 6) is 0.874. The van der Waals surface area contributed by atoms with Gasteiger partial charge in [0.25, 0.3) is 0 Å². The lowest BCUT2D eigenvalue weighted by Gasteiger charge is -2.18. The Hall–Kier alpha value is -1.03. The highest BCUT2D eigenvalue weighted by atomic mass is 35.5. The molecule has 0 saturated heterocycles.